The Hall–Kier alpha value is -4.10. The van der Waals surface area contributed by atoms with Gasteiger partial charge in [0, 0.05) is 16.5 Å². The highest BCUT2D eigenvalue weighted by molar-refractivity contribution is 6.31. The quantitative estimate of drug-likeness (QED) is 0.416. The molecule has 0 radical (unpaired) electrons. The number of nitrogens with zero attached hydrogens (tertiary/aromatic N) is 1. The lowest BCUT2D eigenvalue weighted by Crippen LogP contribution is -2.27. The summed E-state index contributed by atoms with van der Waals surface area (Å²) in [6.45, 7) is 0.306. The van der Waals surface area contributed by atoms with Crippen molar-refractivity contribution in [2.45, 2.75) is 6.61 Å². The van der Waals surface area contributed by atoms with Crippen LogP contribution in [-0.2, 0) is 11.3 Å². The Morgan fingerprint density at radius 1 is 1.00 bits per heavy atom. The molecule has 1 heterocycles. The first-order valence-electron chi connectivity index (χ1n) is 9.87. The largest absolute Gasteiger partial charge is 0.489 e. The second kappa shape index (κ2) is 9.18. The first-order chi connectivity index (χ1) is 15.9. The summed E-state index contributed by atoms with van der Waals surface area (Å²) < 4.78 is 11.9. The molecule has 8 heteroatoms. The van der Waals surface area contributed by atoms with Crippen molar-refractivity contribution in [1.82, 2.24) is 4.57 Å². The van der Waals surface area contributed by atoms with Crippen molar-refractivity contribution in [2.24, 2.45) is 0 Å². The molecule has 166 valence electrons. The van der Waals surface area contributed by atoms with Crippen molar-refractivity contribution in [1.29, 1.82) is 0 Å². The minimum atomic E-state index is -1.47. The number of aromatic nitrogens is 1. The molecule has 4 aromatic rings. The SMILES string of the molecule is COC(=O)c1c(C(=O)O)n(-c2cccc(OCc3ccccc3)c2)c2cc(Cl)ccc2c1=O. The lowest BCUT2D eigenvalue weighted by Gasteiger charge is -2.18. The summed E-state index contributed by atoms with van der Waals surface area (Å²) in [6.07, 6.45) is 0. The molecule has 3 aromatic carbocycles. The molecule has 0 spiro atoms. The van der Waals surface area contributed by atoms with Gasteiger partial charge in [-0.25, -0.2) is 9.59 Å². The number of fused-ring (bicyclic) bond motifs is 1. The maximum absolute atomic E-state index is 13.0. The molecule has 0 amide bonds. The Bertz CT molecular complexity index is 1430. The van der Waals surface area contributed by atoms with Crippen molar-refractivity contribution in [3.05, 3.63) is 105 Å². The van der Waals surface area contributed by atoms with Crippen molar-refractivity contribution in [2.75, 3.05) is 7.11 Å². The first-order valence-corrected chi connectivity index (χ1v) is 10.3. The highest BCUT2D eigenvalue weighted by Gasteiger charge is 2.28. The van der Waals surface area contributed by atoms with Crippen LogP contribution < -0.4 is 10.2 Å². The standard InChI is InChI=1S/C25H18ClNO6/c1-32-25(31)21-22(24(29)30)27(20-12-16(26)10-11-19(20)23(21)28)17-8-5-9-18(13-17)33-14-15-6-3-2-4-7-15/h2-13H,14H2,1H3,(H,29,30). The van der Waals surface area contributed by atoms with E-state index in [4.69, 9.17) is 21.1 Å². The third-order valence-corrected chi connectivity index (χ3v) is 5.28. The van der Waals surface area contributed by atoms with E-state index in [1.165, 1.54) is 22.8 Å². The predicted octanol–water partition coefficient (Wildman–Crippen LogP) is 4.71. The normalized spacial score (nSPS) is 10.7. The van der Waals surface area contributed by atoms with Crippen LogP contribution in [0.15, 0.2) is 77.6 Å². The van der Waals surface area contributed by atoms with Crippen molar-refractivity contribution in [3.63, 3.8) is 0 Å². The van der Waals surface area contributed by atoms with Crippen LogP contribution in [0.5, 0.6) is 5.75 Å². The summed E-state index contributed by atoms with van der Waals surface area (Å²) in [5, 5.41) is 10.4. The minimum Gasteiger partial charge on any atom is -0.489 e. The third kappa shape index (κ3) is 4.31. The van der Waals surface area contributed by atoms with E-state index in [-0.39, 0.29) is 10.9 Å². The lowest BCUT2D eigenvalue weighted by atomic mass is 10.1. The van der Waals surface area contributed by atoms with Crippen LogP contribution in [0.2, 0.25) is 5.02 Å². The summed E-state index contributed by atoms with van der Waals surface area (Å²) in [7, 11) is 1.09. The van der Waals surface area contributed by atoms with Crippen LogP contribution in [0.3, 0.4) is 0 Å². The average molecular weight is 464 g/mol. The molecule has 0 aliphatic rings. The lowest BCUT2D eigenvalue weighted by molar-refractivity contribution is 0.0578. The molecular weight excluding hydrogens is 446 g/mol. The second-order valence-electron chi connectivity index (χ2n) is 7.12. The molecule has 0 atom stereocenters. The highest BCUT2D eigenvalue weighted by Crippen LogP contribution is 2.27. The number of rotatable bonds is 6. The van der Waals surface area contributed by atoms with Gasteiger partial charge in [0.15, 0.2) is 5.69 Å². The molecule has 1 N–H and O–H groups in total. The number of carbonyl (C=O) groups is 2. The molecule has 0 aliphatic carbocycles. The van der Waals surface area contributed by atoms with E-state index in [1.54, 1.807) is 24.3 Å². The van der Waals surface area contributed by atoms with Crippen LogP contribution in [0.1, 0.15) is 26.4 Å². The van der Waals surface area contributed by atoms with Gasteiger partial charge in [0.2, 0.25) is 5.43 Å². The summed E-state index contributed by atoms with van der Waals surface area (Å²) >= 11 is 6.16. The Kier molecular flexibility index (Phi) is 6.15. The highest BCUT2D eigenvalue weighted by atomic mass is 35.5. The van der Waals surface area contributed by atoms with Crippen LogP contribution in [0.4, 0.5) is 0 Å². The number of hydrogen-bond donors (Lipinski definition) is 1. The van der Waals surface area contributed by atoms with E-state index in [1.807, 2.05) is 30.3 Å². The van der Waals surface area contributed by atoms with Gasteiger partial charge in [-0.15, -0.1) is 0 Å². The topological polar surface area (TPSA) is 94.8 Å². The van der Waals surface area contributed by atoms with Gasteiger partial charge in [0.05, 0.1) is 18.3 Å². The molecule has 0 bridgehead atoms. The average Bonchev–Trinajstić information content (AvgIpc) is 2.82. The number of hydrogen-bond acceptors (Lipinski definition) is 5. The molecule has 0 saturated carbocycles. The van der Waals surface area contributed by atoms with Gasteiger partial charge in [-0.2, -0.15) is 0 Å². The number of aromatic carboxylic acids is 1. The van der Waals surface area contributed by atoms with E-state index in [0.29, 0.717) is 23.1 Å². The molecule has 4 rings (SSSR count). The Morgan fingerprint density at radius 2 is 1.76 bits per heavy atom. The Morgan fingerprint density at radius 3 is 2.45 bits per heavy atom. The second-order valence-corrected chi connectivity index (χ2v) is 7.55. The third-order valence-electron chi connectivity index (χ3n) is 5.05. The Balaban J connectivity index is 1.95. The molecule has 0 unspecified atom stereocenters. The molecule has 0 fully saturated rings. The number of ether oxygens (including phenoxy) is 2. The number of carboxylic acids is 1. The zero-order valence-corrected chi connectivity index (χ0v) is 18.2. The zero-order valence-electron chi connectivity index (χ0n) is 17.4. The van der Waals surface area contributed by atoms with Crippen LogP contribution in [-0.4, -0.2) is 28.7 Å². The molecule has 0 saturated heterocycles. The first kappa shape index (κ1) is 22.1. The summed E-state index contributed by atoms with van der Waals surface area (Å²) in [5.74, 6) is -2.04. The predicted molar refractivity (Wildman–Crippen MR) is 124 cm³/mol. The summed E-state index contributed by atoms with van der Waals surface area (Å²) in [4.78, 5) is 37.7. The Labute approximate surface area is 193 Å². The molecular formula is C25H18ClNO6. The van der Waals surface area contributed by atoms with E-state index in [9.17, 15) is 19.5 Å². The number of carbonyl (C=O) groups excluding carboxylic acids is 1. The van der Waals surface area contributed by atoms with E-state index < -0.39 is 28.6 Å². The monoisotopic (exact) mass is 463 g/mol. The van der Waals surface area contributed by atoms with Gasteiger partial charge in [-0.3, -0.25) is 4.79 Å². The van der Waals surface area contributed by atoms with Crippen LogP contribution in [0.25, 0.3) is 16.6 Å². The summed E-state index contributed by atoms with van der Waals surface area (Å²) in [6, 6.07) is 20.7. The number of carboxylic acid groups (broad SMARTS) is 1. The van der Waals surface area contributed by atoms with Gasteiger partial charge in [0.1, 0.15) is 17.9 Å². The number of pyridine rings is 1. The number of halogens is 1. The van der Waals surface area contributed by atoms with Gasteiger partial charge >= 0.3 is 11.9 Å². The fourth-order valence-electron chi connectivity index (χ4n) is 3.57. The maximum Gasteiger partial charge on any atom is 0.353 e. The minimum absolute atomic E-state index is 0.125. The van der Waals surface area contributed by atoms with Gasteiger partial charge in [0.25, 0.3) is 0 Å². The van der Waals surface area contributed by atoms with Gasteiger partial charge in [-0.05, 0) is 35.9 Å². The molecule has 7 nitrogen and oxygen atoms in total. The van der Waals surface area contributed by atoms with E-state index >= 15 is 0 Å². The molecule has 33 heavy (non-hydrogen) atoms. The summed E-state index contributed by atoms with van der Waals surface area (Å²) in [5.41, 5.74) is -0.285. The zero-order chi connectivity index (χ0) is 23.5. The fourth-order valence-corrected chi connectivity index (χ4v) is 3.74. The van der Waals surface area contributed by atoms with Crippen molar-refractivity contribution < 1.29 is 24.2 Å². The van der Waals surface area contributed by atoms with Crippen molar-refractivity contribution >= 4 is 34.4 Å². The van der Waals surface area contributed by atoms with Gasteiger partial charge in [-0.1, -0.05) is 48.0 Å². The van der Waals surface area contributed by atoms with E-state index in [0.717, 1.165) is 12.7 Å². The number of methoxy groups -OCH3 is 1. The smallest absolute Gasteiger partial charge is 0.353 e. The maximum atomic E-state index is 13.0. The molecule has 1 aromatic heterocycles. The van der Waals surface area contributed by atoms with Crippen LogP contribution >= 0.6 is 11.6 Å². The van der Waals surface area contributed by atoms with Gasteiger partial charge < -0.3 is 19.1 Å². The van der Waals surface area contributed by atoms with E-state index in [2.05, 4.69) is 0 Å². The molecule has 0 aliphatic heterocycles. The fraction of sp³-hybridized carbons (Fsp3) is 0.0800. The number of esters is 1. The van der Waals surface area contributed by atoms with Crippen molar-refractivity contribution in [3.8, 4) is 11.4 Å². The van der Waals surface area contributed by atoms with Crippen LogP contribution in [0, 0.1) is 0 Å². The number of benzene rings is 3.